The smallest absolute Gasteiger partial charge is 0.271 e. The van der Waals surface area contributed by atoms with Crippen molar-refractivity contribution in [3.05, 3.63) is 11.9 Å². The average molecular weight is 236 g/mol. The van der Waals surface area contributed by atoms with Crippen LogP contribution in [-0.2, 0) is 0 Å². The number of nitrogen functional groups attached to an aromatic ring is 1. The van der Waals surface area contributed by atoms with Gasteiger partial charge in [-0.3, -0.25) is 9.89 Å². The van der Waals surface area contributed by atoms with E-state index in [4.69, 9.17) is 5.73 Å². The van der Waals surface area contributed by atoms with Crippen LogP contribution in [0.3, 0.4) is 0 Å². The molecule has 1 aromatic rings. The highest BCUT2D eigenvalue weighted by atomic mass is 16.2. The number of H-pyrrole nitrogens is 1. The van der Waals surface area contributed by atoms with Gasteiger partial charge in [0.2, 0.25) is 0 Å². The van der Waals surface area contributed by atoms with E-state index in [0.29, 0.717) is 17.3 Å². The van der Waals surface area contributed by atoms with Gasteiger partial charge in [0.1, 0.15) is 5.69 Å². The standard InChI is InChI=1S/C12H20N4O/c1-3-8-4-5-10(7(8)2)15-12(17)11-9(13)6-14-16-11/h6-8,10H,3-5,13H2,1-2H3,(H,14,16)(H,15,17). The second kappa shape index (κ2) is 4.77. The van der Waals surface area contributed by atoms with Crippen LogP contribution < -0.4 is 11.1 Å². The molecule has 1 aliphatic rings. The number of nitrogens with one attached hydrogen (secondary N) is 2. The van der Waals surface area contributed by atoms with E-state index in [9.17, 15) is 4.79 Å². The zero-order chi connectivity index (χ0) is 12.4. The molecule has 1 aliphatic carbocycles. The molecule has 0 aliphatic heterocycles. The fraction of sp³-hybridized carbons (Fsp3) is 0.667. The zero-order valence-corrected chi connectivity index (χ0v) is 10.4. The van der Waals surface area contributed by atoms with Gasteiger partial charge < -0.3 is 11.1 Å². The molecule has 3 atom stereocenters. The Hall–Kier alpha value is -1.52. The van der Waals surface area contributed by atoms with E-state index >= 15 is 0 Å². The summed E-state index contributed by atoms with van der Waals surface area (Å²) in [4.78, 5) is 12.0. The van der Waals surface area contributed by atoms with Crippen molar-refractivity contribution in [1.82, 2.24) is 15.5 Å². The van der Waals surface area contributed by atoms with Crippen molar-refractivity contribution in [1.29, 1.82) is 0 Å². The fourth-order valence-corrected chi connectivity index (χ4v) is 2.75. The third-order valence-electron chi connectivity index (χ3n) is 3.96. The highest BCUT2D eigenvalue weighted by Crippen LogP contribution is 2.33. The van der Waals surface area contributed by atoms with Gasteiger partial charge >= 0.3 is 0 Å². The van der Waals surface area contributed by atoms with Crippen molar-refractivity contribution >= 4 is 11.6 Å². The van der Waals surface area contributed by atoms with Gasteiger partial charge in [0.15, 0.2) is 0 Å². The van der Waals surface area contributed by atoms with Crippen LogP contribution in [0.15, 0.2) is 6.20 Å². The number of hydrogen-bond donors (Lipinski definition) is 3. The minimum absolute atomic E-state index is 0.145. The van der Waals surface area contributed by atoms with Crippen LogP contribution in [0.25, 0.3) is 0 Å². The lowest BCUT2D eigenvalue weighted by Crippen LogP contribution is -2.38. The first-order valence-corrected chi connectivity index (χ1v) is 6.23. The van der Waals surface area contributed by atoms with Crippen molar-refractivity contribution in [3.63, 3.8) is 0 Å². The van der Waals surface area contributed by atoms with E-state index in [0.717, 1.165) is 12.3 Å². The lowest BCUT2D eigenvalue weighted by molar-refractivity contribution is 0.0922. The second-order valence-electron chi connectivity index (χ2n) is 4.89. The summed E-state index contributed by atoms with van der Waals surface area (Å²) in [5.74, 6) is 1.11. The molecule has 5 nitrogen and oxygen atoms in total. The maximum atomic E-state index is 12.0. The molecule has 1 fully saturated rings. The Morgan fingerprint density at radius 1 is 1.65 bits per heavy atom. The maximum Gasteiger partial charge on any atom is 0.271 e. The molecule has 1 amide bonds. The minimum atomic E-state index is -0.145. The van der Waals surface area contributed by atoms with Gasteiger partial charge in [0.05, 0.1) is 11.9 Å². The van der Waals surface area contributed by atoms with Gasteiger partial charge in [-0.15, -0.1) is 0 Å². The van der Waals surface area contributed by atoms with E-state index in [-0.39, 0.29) is 11.9 Å². The molecule has 3 unspecified atom stereocenters. The summed E-state index contributed by atoms with van der Waals surface area (Å²) >= 11 is 0. The van der Waals surface area contributed by atoms with Crippen molar-refractivity contribution in [2.24, 2.45) is 11.8 Å². The summed E-state index contributed by atoms with van der Waals surface area (Å²) < 4.78 is 0. The molecule has 2 rings (SSSR count). The molecule has 0 aromatic carbocycles. The normalized spacial score (nSPS) is 28.2. The molecule has 4 N–H and O–H groups in total. The lowest BCUT2D eigenvalue weighted by atomic mass is 9.93. The molecule has 0 saturated heterocycles. The molecule has 0 spiro atoms. The Balaban J connectivity index is 1.99. The van der Waals surface area contributed by atoms with E-state index < -0.39 is 0 Å². The SMILES string of the molecule is CCC1CCC(NC(=O)c2[nH]ncc2N)C1C. The molecule has 5 heteroatoms. The Kier molecular flexibility index (Phi) is 3.36. The molecule has 94 valence electrons. The van der Waals surface area contributed by atoms with Crippen LogP contribution in [0.4, 0.5) is 5.69 Å². The van der Waals surface area contributed by atoms with Gasteiger partial charge in [0.25, 0.3) is 5.91 Å². The van der Waals surface area contributed by atoms with Crippen LogP contribution in [0.1, 0.15) is 43.6 Å². The molecular formula is C12H20N4O. The first-order chi connectivity index (χ1) is 8.13. The zero-order valence-electron chi connectivity index (χ0n) is 10.4. The van der Waals surface area contributed by atoms with Gasteiger partial charge in [-0.2, -0.15) is 5.10 Å². The first-order valence-electron chi connectivity index (χ1n) is 6.23. The van der Waals surface area contributed by atoms with Gasteiger partial charge in [0, 0.05) is 6.04 Å². The van der Waals surface area contributed by atoms with E-state index in [1.165, 1.54) is 19.0 Å². The number of hydrogen-bond acceptors (Lipinski definition) is 3. The number of rotatable bonds is 3. The minimum Gasteiger partial charge on any atom is -0.396 e. The number of anilines is 1. The first kappa shape index (κ1) is 12.0. The van der Waals surface area contributed by atoms with E-state index in [1.54, 1.807) is 0 Å². The quantitative estimate of drug-likeness (QED) is 0.744. The topological polar surface area (TPSA) is 83.8 Å². The number of carbonyl (C=O) groups excluding carboxylic acids is 1. The summed E-state index contributed by atoms with van der Waals surface area (Å²) in [6.45, 7) is 4.42. The molecule has 0 bridgehead atoms. The maximum absolute atomic E-state index is 12.0. The number of nitrogens with zero attached hydrogens (tertiary/aromatic N) is 1. The Morgan fingerprint density at radius 2 is 2.41 bits per heavy atom. The van der Waals surface area contributed by atoms with Crippen molar-refractivity contribution in [3.8, 4) is 0 Å². The van der Waals surface area contributed by atoms with E-state index in [1.807, 2.05) is 0 Å². The monoisotopic (exact) mass is 236 g/mol. The second-order valence-corrected chi connectivity index (χ2v) is 4.89. The Bertz CT molecular complexity index is 401. The number of aromatic amines is 1. The third kappa shape index (κ3) is 2.28. The van der Waals surface area contributed by atoms with Crippen LogP contribution in [0, 0.1) is 11.8 Å². The van der Waals surface area contributed by atoms with E-state index in [2.05, 4.69) is 29.4 Å². The number of aromatic nitrogens is 2. The van der Waals surface area contributed by atoms with Crippen molar-refractivity contribution in [2.45, 2.75) is 39.2 Å². The highest BCUT2D eigenvalue weighted by molar-refractivity contribution is 5.97. The summed E-state index contributed by atoms with van der Waals surface area (Å²) in [6.07, 6.45) is 4.89. The molecule has 0 radical (unpaired) electrons. The molecular weight excluding hydrogens is 216 g/mol. The van der Waals surface area contributed by atoms with Gasteiger partial charge in [-0.25, -0.2) is 0 Å². The fourth-order valence-electron chi connectivity index (χ4n) is 2.75. The predicted molar refractivity (Wildman–Crippen MR) is 66.4 cm³/mol. The van der Waals surface area contributed by atoms with Crippen LogP contribution in [-0.4, -0.2) is 22.1 Å². The van der Waals surface area contributed by atoms with Crippen LogP contribution in [0.2, 0.25) is 0 Å². The molecule has 17 heavy (non-hydrogen) atoms. The lowest BCUT2D eigenvalue weighted by Gasteiger charge is -2.20. The molecule has 1 heterocycles. The number of carbonyl (C=O) groups is 1. The van der Waals surface area contributed by atoms with Gasteiger partial charge in [-0.1, -0.05) is 20.3 Å². The van der Waals surface area contributed by atoms with Gasteiger partial charge in [-0.05, 0) is 24.7 Å². The van der Waals surface area contributed by atoms with Crippen molar-refractivity contribution < 1.29 is 4.79 Å². The van der Waals surface area contributed by atoms with Crippen molar-refractivity contribution in [2.75, 3.05) is 5.73 Å². The predicted octanol–water partition coefficient (Wildman–Crippen LogP) is 1.55. The largest absolute Gasteiger partial charge is 0.396 e. The summed E-state index contributed by atoms with van der Waals surface area (Å²) in [7, 11) is 0. The Morgan fingerprint density at radius 3 is 2.94 bits per heavy atom. The number of amides is 1. The highest BCUT2D eigenvalue weighted by Gasteiger charge is 2.32. The molecule has 1 aromatic heterocycles. The molecule has 1 saturated carbocycles. The third-order valence-corrected chi connectivity index (χ3v) is 3.96. The summed E-state index contributed by atoms with van der Waals surface area (Å²) in [5.41, 5.74) is 6.42. The van der Waals surface area contributed by atoms with Crippen LogP contribution in [0.5, 0.6) is 0 Å². The Labute approximate surface area is 101 Å². The number of nitrogens with two attached hydrogens (primary N) is 1. The summed E-state index contributed by atoms with van der Waals surface area (Å²) in [6, 6.07) is 0.259. The van der Waals surface area contributed by atoms with Crippen LogP contribution >= 0.6 is 0 Å². The average Bonchev–Trinajstić information content (AvgIpc) is 2.87. The summed E-state index contributed by atoms with van der Waals surface area (Å²) in [5, 5.41) is 9.43.